The van der Waals surface area contributed by atoms with Crippen LogP contribution in [0.2, 0.25) is 0 Å². The third-order valence-corrected chi connectivity index (χ3v) is 2.75. The number of carbonyl (C=O) groups excluding carboxylic acids is 1. The quantitative estimate of drug-likeness (QED) is 0.536. The molecular weight excluding hydrogens is 176 g/mol. The molecule has 2 atom stereocenters. The highest BCUT2D eigenvalue weighted by atomic mass is 16.6. The van der Waals surface area contributed by atoms with Gasteiger partial charge in [0.25, 0.3) is 0 Å². The Hall–Kier alpha value is -1.15. The molecule has 0 spiro atoms. The zero-order valence-electron chi connectivity index (χ0n) is 8.27. The molecule has 2 nitrogen and oxygen atoms in total. The van der Waals surface area contributed by atoms with Gasteiger partial charge >= 0.3 is 0 Å². The molecule has 0 saturated carbocycles. The summed E-state index contributed by atoms with van der Waals surface area (Å²) in [4.78, 5) is 10.6. The predicted molar refractivity (Wildman–Crippen MR) is 54.1 cm³/mol. The largest absolute Gasteiger partial charge is 0.358 e. The summed E-state index contributed by atoms with van der Waals surface area (Å²) in [7, 11) is 0. The normalized spacial score (nSPS) is 29.9. The first kappa shape index (κ1) is 9.41. The van der Waals surface area contributed by atoms with E-state index in [1.165, 1.54) is 5.56 Å². The summed E-state index contributed by atoms with van der Waals surface area (Å²) in [6.07, 6.45) is 2.94. The smallest absolute Gasteiger partial charge is 0.154 e. The molecule has 1 aromatic carbocycles. The monoisotopic (exact) mass is 190 g/mol. The van der Waals surface area contributed by atoms with Gasteiger partial charge in [0, 0.05) is 0 Å². The van der Waals surface area contributed by atoms with E-state index in [0.717, 1.165) is 19.1 Å². The summed E-state index contributed by atoms with van der Waals surface area (Å²) in [6.45, 7) is 1.84. The van der Waals surface area contributed by atoms with Crippen molar-refractivity contribution in [3.05, 3.63) is 35.9 Å². The molecule has 2 heteroatoms. The molecule has 0 N–H and O–H groups in total. The van der Waals surface area contributed by atoms with Crippen molar-refractivity contribution in [2.24, 2.45) is 0 Å². The Balaban J connectivity index is 1.83. The van der Waals surface area contributed by atoms with E-state index in [0.29, 0.717) is 0 Å². The standard InChI is InChI=1S/C12H14O2/c1-12(9-13)11(14-12)8-7-10-5-3-2-4-6-10/h2-6,9,11H,7-8H2,1H3/t11-,12-/m1/s1. The molecule has 74 valence electrons. The van der Waals surface area contributed by atoms with Crippen LogP contribution < -0.4 is 0 Å². The van der Waals surface area contributed by atoms with Crippen molar-refractivity contribution in [2.75, 3.05) is 0 Å². The van der Waals surface area contributed by atoms with E-state index >= 15 is 0 Å². The number of hydrogen-bond acceptors (Lipinski definition) is 2. The summed E-state index contributed by atoms with van der Waals surface area (Å²) in [5, 5.41) is 0. The third-order valence-electron chi connectivity index (χ3n) is 2.75. The van der Waals surface area contributed by atoms with Gasteiger partial charge in [0.15, 0.2) is 6.29 Å². The lowest BCUT2D eigenvalue weighted by Gasteiger charge is -1.98. The molecule has 1 aliphatic rings. The molecule has 1 heterocycles. The summed E-state index contributed by atoms with van der Waals surface area (Å²) < 4.78 is 5.31. The number of ether oxygens (including phenoxy) is 1. The maximum atomic E-state index is 10.6. The van der Waals surface area contributed by atoms with Crippen molar-refractivity contribution in [3.8, 4) is 0 Å². The van der Waals surface area contributed by atoms with Crippen LogP contribution in [0.1, 0.15) is 18.9 Å². The molecule has 1 fully saturated rings. The van der Waals surface area contributed by atoms with Crippen LogP contribution in [0.5, 0.6) is 0 Å². The highest BCUT2D eigenvalue weighted by Crippen LogP contribution is 2.36. The summed E-state index contributed by atoms with van der Waals surface area (Å²) >= 11 is 0. The molecule has 1 aromatic rings. The van der Waals surface area contributed by atoms with Crippen LogP contribution >= 0.6 is 0 Å². The minimum Gasteiger partial charge on any atom is -0.358 e. The number of aldehydes is 1. The number of rotatable bonds is 4. The lowest BCUT2D eigenvalue weighted by atomic mass is 10.0. The van der Waals surface area contributed by atoms with E-state index in [1.807, 2.05) is 25.1 Å². The number of epoxide rings is 1. The van der Waals surface area contributed by atoms with Crippen LogP contribution in [0.4, 0.5) is 0 Å². The lowest BCUT2D eigenvalue weighted by molar-refractivity contribution is -0.111. The minimum atomic E-state index is -0.491. The number of carbonyl (C=O) groups is 1. The highest BCUT2D eigenvalue weighted by molar-refractivity contribution is 5.66. The van der Waals surface area contributed by atoms with Gasteiger partial charge in [0.1, 0.15) is 5.60 Å². The minimum absolute atomic E-state index is 0.125. The first-order valence-corrected chi connectivity index (χ1v) is 4.93. The van der Waals surface area contributed by atoms with Gasteiger partial charge in [-0.2, -0.15) is 0 Å². The van der Waals surface area contributed by atoms with E-state index in [4.69, 9.17) is 4.74 Å². The van der Waals surface area contributed by atoms with Crippen LogP contribution in [0.3, 0.4) is 0 Å². The van der Waals surface area contributed by atoms with Crippen LogP contribution in [0.15, 0.2) is 30.3 Å². The summed E-state index contributed by atoms with van der Waals surface area (Å²) in [6, 6.07) is 10.3. The van der Waals surface area contributed by atoms with Gasteiger partial charge in [-0.1, -0.05) is 30.3 Å². The second kappa shape index (κ2) is 3.54. The Bertz CT molecular complexity index is 320. The SMILES string of the molecule is C[C@]1(C=O)O[C@@H]1CCc1ccccc1. The average Bonchev–Trinajstić information content (AvgIpc) is 2.90. The molecule has 0 radical (unpaired) electrons. The summed E-state index contributed by atoms with van der Waals surface area (Å²) in [5.74, 6) is 0. The molecule has 2 rings (SSSR count). The zero-order chi connectivity index (χ0) is 10.0. The van der Waals surface area contributed by atoms with Crippen molar-refractivity contribution in [2.45, 2.75) is 31.5 Å². The third kappa shape index (κ3) is 1.85. The van der Waals surface area contributed by atoms with Crippen molar-refractivity contribution >= 4 is 6.29 Å². The Morgan fingerprint density at radius 1 is 1.43 bits per heavy atom. The molecule has 0 aliphatic carbocycles. The van der Waals surface area contributed by atoms with Crippen molar-refractivity contribution in [3.63, 3.8) is 0 Å². The first-order valence-electron chi connectivity index (χ1n) is 4.93. The second-order valence-electron chi connectivity index (χ2n) is 3.93. The topological polar surface area (TPSA) is 29.6 Å². The van der Waals surface area contributed by atoms with Crippen LogP contribution in [-0.4, -0.2) is 18.0 Å². The van der Waals surface area contributed by atoms with Crippen molar-refractivity contribution in [1.82, 2.24) is 0 Å². The maximum Gasteiger partial charge on any atom is 0.154 e. The van der Waals surface area contributed by atoms with Crippen LogP contribution in [0.25, 0.3) is 0 Å². The van der Waals surface area contributed by atoms with Gasteiger partial charge < -0.3 is 9.53 Å². The summed E-state index contributed by atoms with van der Waals surface area (Å²) in [5.41, 5.74) is 0.811. The van der Waals surface area contributed by atoms with Crippen molar-refractivity contribution in [1.29, 1.82) is 0 Å². The Labute approximate surface area is 83.9 Å². The predicted octanol–water partition coefficient (Wildman–Crippen LogP) is 1.98. The molecule has 0 bridgehead atoms. The molecule has 14 heavy (non-hydrogen) atoms. The van der Waals surface area contributed by atoms with Gasteiger partial charge in [0.05, 0.1) is 6.10 Å². The van der Waals surface area contributed by atoms with Gasteiger partial charge in [-0.25, -0.2) is 0 Å². The van der Waals surface area contributed by atoms with Gasteiger partial charge in [-0.15, -0.1) is 0 Å². The maximum absolute atomic E-state index is 10.6. The van der Waals surface area contributed by atoms with Gasteiger partial charge in [-0.3, -0.25) is 0 Å². The molecule has 0 aromatic heterocycles. The highest BCUT2D eigenvalue weighted by Gasteiger charge is 2.51. The number of benzene rings is 1. The van der Waals surface area contributed by atoms with Crippen LogP contribution in [-0.2, 0) is 16.0 Å². The average molecular weight is 190 g/mol. The van der Waals surface area contributed by atoms with E-state index in [-0.39, 0.29) is 6.10 Å². The lowest BCUT2D eigenvalue weighted by Crippen LogP contribution is -2.11. The van der Waals surface area contributed by atoms with Gasteiger partial charge in [0.2, 0.25) is 0 Å². The van der Waals surface area contributed by atoms with Gasteiger partial charge in [-0.05, 0) is 25.3 Å². The van der Waals surface area contributed by atoms with E-state index in [9.17, 15) is 4.79 Å². The second-order valence-corrected chi connectivity index (χ2v) is 3.93. The Kier molecular flexibility index (Phi) is 2.38. The fourth-order valence-corrected chi connectivity index (χ4v) is 1.66. The fraction of sp³-hybridized carbons (Fsp3) is 0.417. The first-order chi connectivity index (χ1) is 6.74. The van der Waals surface area contributed by atoms with E-state index in [2.05, 4.69) is 12.1 Å². The number of hydrogen-bond donors (Lipinski definition) is 0. The Morgan fingerprint density at radius 3 is 2.71 bits per heavy atom. The molecule has 1 aliphatic heterocycles. The van der Waals surface area contributed by atoms with Crippen LogP contribution in [0, 0.1) is 0 Å². The van der Waals surface area contributed by atoms with E-state index in [1.54, 1.807) is 0 Å². The number of aryl methyl sites for hydroxylation is 1. The fourth-order valence-electron chi connectivity index (χ4n) is 1.66. The Morgan fingerprint density at radius 2 is 2.14 bits per heavy atom. The van der Waals surface area contributed by atoms with E-state index < -0.39 is 5.60 Å². The molecular formula is C12H14O2. The van der Waals surface area contributed by atoms with Crippen molar-refractivity contribution < 1.29 is 9.53 Å². The molecule has 1 saturated heterocycles. The zero-order valence-corrected chi connectivity index (χ0v) is 8.27. The molecule has 0 unspecified atom stereocenters. The molecule has 0 amide bonds.